The Labute approximate surface area is 191 Å². The second kappa shape index (κ2) is 10.3. The molecule has 32 heavy (non-hydrogen) atoms. The van der Waals surface area contributed by atoms with Gasteiger partial charge in [-0.05, 0) is 68.9 Å². The molecule has 1 aliphatic rings. The number of fused-ring (bicyclic) bond motifs is 1. The third-order valence-electron chi connectivity index (χ3n) is 5.01. The van der Waals surface area contributed by atoms with Crippen LogP contribution in [0.4, 0.5) is 5.00 Å². The van der Waals surface area contributed by atoms with Crippen molar-refractivity contribution in [1.82, 2.24) is 0 Å². The zero-order valence-electron chi connectivity index (χ0n) is 18.6. The number of ether oxygens (including phenoxy) is 3. The Morgan fingerprint density at radius 3 is 2.59 bits per heavy atom. The molecule has 1 heterocycles. The van der Waals surface area contributed by atoms with Gasteiger partial charge in [-0.25, -0.2) is 4.79 Å². The molecule has 0 fully saturated rings. The fourth-order valence-corrected chi connectivity index (χ4v) is 4.86. The van der Waals surface area contributed by atoms with Crippen LogP contribution in [-0.2, 0) is 22.4 Å². The van der Waals surface area contributed by atoms with Crippen molar-refractivity contribution in [2.75, 3.05) is 19.5 Å². The molecule has 2 aromatic rings. The summed E-state index contributed by atoms with van der Waals surface area (Å²) in [5.74, 6) is 0.0175. The smallest absolute Gasteiger partial charge is 0.341 e. The lowest BCUT2D eigenvalue weighted by atomic mass is 9.95. The van der Waals surface area contributed by atoms with E-state index in [1.165, 1.54) is 31.6 Å². The molecule has 168 valence electrons. The molecule has 0 spiro atoms. The molecule has 1 aromatic heterocycles. The molecule has 1 N–H and O–H groups in total. The fourth-order valence-electron chi connectivity index (χ4n) is 3.58. The van der Waals surface area contributed by atoms with Crippen molar-refractivity contribution in [3.8, 4) is 17.6 Å². The summed E-state index contributed by atoms with van der Waals surface area (Å²) in [6, 6.07) is 7.13. The van der Waals surface area contributed by atoms with Crippen LogP contribution in [0.2, 0.25) is 0 Å². The first-order valence-corrected chi connectivity index (χ1v) is 11.2. The number of thiophene rings is 1. The minimum Gasteiger partial charge on any atom is -0.493 e. The molecule has 0 saturated heterocycles. The summed E-state index contributed by atoms with van der Waals surface area (Å²) >= 11 is 1.38. The van der Waals surface area contributed by atoms with Gasteiger partial charge in [0.2, 0.25) is 0 Å². The maximum Gasteiger partial charge on any atom is 0.341 e. The number of aryl methyl sites for hydroxylation is 1. The number of carbonyl (C=O) groups excluding carboxylic acids is 2. The van der Waals surface area contributed by atoms with Gasteiger partial charge in [0.25, 0.3) is 5.91 Å². The van der Waals surface area contributed by atoms with E-state index in [1.807, 2.05) is 19.9 Å². The SMILES string of the molecule is COC(=O)c1c(NC(=O)C(C#N)=Cc2ccc(OC(C)C)c(OC)c2)sc2c1CCCC2. The first-order chi connectivity index (χ1) is 15.4. The van der Waals surface area contributed by atoms with Crippen molar-refractivity contribution < 1.29 is 23.8 Å². The highest BCUT2D eigenvalue weighted by Gasteiger charge is 2.27. The van der Waals surface area contributed by atoms with Crippen LogP contribution in [0.1, 0.15) is 53.1 Å². The monoisotopic (exact) mass is 454 g/mol. The molecule has 0 aliphatic heterocycles. The van der Waals surface area contributed by atoms with Gasteiger partial charge in [0.15, 0.2) is 11.5 Å². The van der Waals surface area contributed by atoms with Crippen LogP contribution < -0.4 is 14.8 Å². The lowest BCUT2D eigenvalue weighted by Gasteiger charge is -2.14. The molecular weight excluding hydrogens is 428 g/mol. The summed E-state index contributed by atoms with van der Waals surface area (Å²) in [6.45, 7) is 3.83. The Morgan fingerprint density at radius 1 is 1.19 bits per heavy atom. The van der Waals surface area contributed by atoms with E-state index in [-0.39, 0.29) is 11.7 Å². The second-order valence-corrected chi connectivity index (χ2v) is 8.71. The van der Waals surface area contributed by atoms with Crippen LogP contribution in [0.15, 0.2) is 23.8 Å². The van der Waals surface area contributed by atoms with Gasteiger partial charge in [-0.1, -0.05) is 6.07 Å². The van der Waals surface area contributed by atoms with E-state index in [9.17, 15) is 14.9 Å². The fraction of sp³-hybridized carbons (Fsp3) is 0.375. The quantitative estimate of drug-likeness (QED) is 0.368. The highest BCUT2D eigenvalue weighted by Crippen LogP contribution is 2.39. The Bertz CT molecular complexity index is 1090. The Kier molecular flexibility index (Phi) is 7.54. The lowest BCUT2D eigenvalue weighted by molar-refractivity contribution is -0.112. The van der Waals surface area contributed by atoms with Crippen LogP contribution in [0.25, 0.3) is 6.08 Å². The van der Waals surface area contributed by atoms with E-state index >= 15 is 0 Å². The highest BCUT2D eigenvalue weighted by atomic mass is 32.1. The second-order valence-electron chi connectivity index (χ2n) is 7.61. The average molecular weight is 455 g/mol. The van der Waals surface area contributed by atoms with Gasteiger partial charge in [-0.15, -0.1) is 11.3 Å². The number of hydrogen-bond acceptors (Lipinski definition) is 7. The van der Waals surface area contributed by atoms with Crippen LogP contribution in [0.5, 0.6) is 11.5 Å². The number of rotatable bonds is 7. The Hall–Kier alpha value is -3.31. The van der Waals surface area contributed by atoms with Gasteiger partial charge in [0, 0.05) is 4.88 Å². The van der Waals surface area contributed by atoms with Gasteiger partial charge in [0.1, 0.15) is 16.6 Å². The summed E-state index contributed by atoms with van der Waals surface area (Å²) in [6.07, 6.45) is 5.13. The maximum absolute atomic E-state index is 12.9. The van der Waals surface area contributed by atoms with E-state index in [4.69, 9.17) is 14.2 Å². The molecule has 1 aromatic carbocycles. The van der Waals surface area contributed by atoms with Crippen LogP contribution >= 0.6 is 11.3 Å². The summed E-state index contributed by atoms with van der Waals surface area (Å²) < 4.78 is 16.0. The number of benzene rings is 1. The molecule has 0 atom stereocenters. The van der Waals surface area contributed by atoms with E-state index in [0.29, 0.717) is 27.6 Å². The first kappa shape index (κ1) is 23.4. The van der Waals surface area contributed by atoms with Crippen molar-refractivity contribution in [3.63, 3.8) is 0 Å². The number of methoxy groups -OCH3 is 2. The molecule has 0 radical (unpaired) electrons. The summed E-state index contributed by atoms with van der Waals surface area (Å²) in [5.41, 5.74) is 1.86. The predicted molar refractivity (Wildman–Crippen MR) is 123 cm³/mol. The van der Waals surface area contributed by atoms with Gasteiger partial charge < -0.3 is 19.5 Å². The number of nitrogens with one attached hydrogen (secondary N) is 1. The van der Waals surface area contributed by atoms with Crippen molar-refractivity contribution in [2.24, 2.45) is 0 Å². The van der Waals surface area contributed by atoms with Gasteiger partial charge >= 0.3 is 5.97 Å². The number of anilines is 1. The summed E-state index contributed by atoms with van der Waals surface area (Å²) in [5, 5.41) is 12.8. The van der Waals surface area contributed by atoms with Crippen molar-refractivity contribution in [2.45, 2.75) is 45.6 Å². The molecular formula is C24H26N2O5S. The van der Waals surface area contributed by atoms with Crippen molar-refractivity contribution in [3.05, 3.63) is 45.3 Å². The molecule has 1 aliphatic carbocycles. The topological polar surface area (TPSA) is 97.7 Å². The number of esters is 1. The Morgan fingerprint density at radius 2 is 1.94 bits per heavy atom. The molecule has 1 amide bonds. The molecule has 0 unspecified atom stereocenters. The number of nitriles is 1. The standard InChI is InChI=1S/C24H26N2O5S/c1-14(2)31-18-10-9-15(12-19(18)29-3)11-16(13-25)22(27)26-23-21(24(28)30-4)17-7-5-6-8-20(17)32-23/h9-12,14H,5-8H2,1-4H3,(H,26,27). The molecule has 3 rings (SSSR count). The number of amides is 1. The zero-order valence-corrected chi connectivity index (χ0v) is 19.4. The minimum atomic E-state index is -0.585. The maximum atomic E-state index is 12.9. The van der Waals surface area contributed by atoms with Crippen LogP contribution in [0.3, 0.4) is 0 Å². The number of nitrogens with zero attached hydrogens (tertiary/aromatic N) is 1. The van der Waals surface area contributed by atoms with Gasteiger partial charge in [-0.3, -0.25) is 4.79 Å². The van der Waals surface area contributed by atoms with Crippen molar-refractivity contribution >= 4 is 34.3 Å². The molecule has 8 heteroatoms. The van der Waals surface area contributed by atoms with E-state index in [2.05, 4.69) is 5.32 Å². The predicted octanol–water partition coefficient (Wildman–Crippen LogP) is 4.75. The normalized spacial score (nSPS) is 13.2. The van der Waals surface area contributed by atoms with Gasteiger partial charge in [0.05, 0.1) is 25.9 Å². The highest BCUT2D eigenvalue weighted by molar-refractivity contribution is 7.17. The average Bonchev–Trinajstić information content (AvgIpc) is 3.14. The van der Waals surface area contributed by atoms with Crippen molar-refractivity contribution in [1.29, 1.82) is 5.26 Å². The van der Waals surface area contributed by atoms with Gasteiger partial charge in [-0.2, -0.15) is 5.26 Å². The van der Waals surface area contributed by atoms with Crippen LogP contribution in [-0.4, -0.2) is 32.2 Å². The number of carbonyl (C=O) groups is 2. The molecule has 0 bridgehead atoms. The molecule has 7 nitrogen and oxygen atoms in total. The molecule has 0 saturated carbocycles. The number of hydrogen-bond donors (Lipinski definition) is 1. The van der Waals surface area contributed by atoms with E-state index in [0.717, 1.165) is 36.1 Å². The minimum absolute atomic E-state index is 0.0219. The summed E-state index contributed by atoms with van der Waals surface area (Å²) in [4.78, 5) is 26.4. The van der Waals surface area contributed by atoms with E-state index in [1.54, 1.807) is 18.2 Å². The zero-order chi connectivity index (χ0) is 23.3. The third-order valence-corrected chi connectivity index (χ3v) is 6.22. The first-order valence-electron chi connectivity index (χ1n) is 10.4. The van der Waals surface area contributed by atoms with Crippen LogP contribution in [0, 0.1) is 11.3 Å². The Balaban J connectivity index is 1.89. The third kappa shape index (κ3) is 5.11. The van der Waals surface area contributed by atoms with E-state index < -0.39 is 11.9 Å². The summed E-state index contributed by atoms with van der Waals surface area (Å²) in [7, 11) is 2.85. The largest absolute Gasteiger partial charge is 0.493 e. The lowest BCUT2D eigenvalue weighted by Crippen LogP contribution is -2.16.